The Morgan fingerprint density at radius 1 is 1.47 bits per heavy atom. The lowest BCUT2D eigenvalue weighted by Gasteiger charge is -2.06. The van der Waals surface area contributed by atoms with Crippen LogP contribution in [0.4, 0.5) is 4.39 Å². The van der Waals surface area contributed by atoms with Crippen LogP contribution < -0.4 is 5.69 Å². The van der Waals surface area contributed by atoms with E-state index in [0.29, 0.717) is 12.5 Å². The van der Waals surface area contributed by atoms with Gasteiger partial charge in [0.15, 0.2) is 5.82 Å². The normalized spacial score (nSPS) is 17.5. The summed E-state index contributed by atoms with van der Waals surface area (Å²) < 4.78 is 15.2. The van der Waals surface area contributed by atoms with E-state index in [0.717, 1.165) is 12.8 Å². The third-order valence-electron chi connectivity index (χ3n) is 3.16. The summed E-state index contributed by atoms with van der Waals surface area (Å²) in [5.74, 6) is 0.767. The topological polar surface area (TPSA) is 39.8 Å². The zero-order chi connectivity index (χ0) is 10.8. The summed E-state index contributed by atoms with van der Waals surface area (Å²) in [6.07, 6.45) is 4.80. The van der Waals surface area contributed by atoms with Crippen LogP contribution in [-0.2, 0) is 20.3 Å². The summed E-state index contributed by atoms with van der Waals surface area (Å²) in [6, 6.07) is 0. The second-order valence-corrected chi connectivity index (χ2v) is 4.22. The molecule has 84 valence electrons. The fourth-order valence-electron chi connectivity index (χ4n) is 2.21. The van der Waals surface area contributed by atoms with E-state index in [1.165, 1.54) is 22.1 Å². The van der Waals surface area contributed by atoms with Gasteiger partial charge in [0, 0.05) is 13.6 Å². The van der Waals surface area contributed by atoms with Crippen LogP contribution in [0, 0.1) is 5.92 Å². The highest BCUT2D eigenvalue weighted by atomic mass is 19.1. The molecular weight excluding hydrogens is 197 g/mol. The Balaban J connectivity index is 2.17. The van der Waals surface area contributed by atoms with Gasteiger partial charge < -0.3 is 0 Å². The lowest BCUT2D eigenvalue weighted by Crippen LogP contribution is -2.25. The molecule has 0 unspecified atom stereocenters. The second-order valence-electron chi connectivity index (χ2n) is 4.22. The average Bonchev–Trinajstić information content (AvgIpc) is 2.82. The quantitative estimate of drug-likeness (QED) is 0.758. The van der Waals surface area contributed by atoms with Gasteiger partial charge in [-0.1, -0.05) is 12.8 Å². The molecule has 1 fully saturated rings. The number of halogens is 1. The first kappa shape index (κ1) is 10.4. The van der Waals surface area contributed by atoms with E-state index in [4.69, 9.17) is 0 Å². The zero-order valence-corrected chi connectivity index (χ0v) is 8.95. The summed E-state index contributed by atoms with van der Waals surface area (Å²) >= 11 is 0. The van der Waals surface area contributed by atoms with E-state index in [1.54, 1.807) is 7.05 Å². The Morgan fingerprint density at radius 2 is 2.13 bits per heavy atom. The molecule has 1 saturated carbocycles. The molecule has 1 aromatic rings. The molecule has 0 aromatic carbocycles. The van der Waals surface area contributed by atoms with Crippen molar-refractivity contribution >= 4 is 0 Å². The van der Waals surface area contributed by atoms with E-state index in [1.807, 2.05) is 0 Å². The second kappa shape index (κ2) is 4.16. The highest BCUT2D eigenvalue weighted by molar-refractivity contribution is 4.84. The maximum Gasteiger partial charge on any atom is 0.345 e. The van der Waals surface area contributed by atoms with Crippen LogP contribution in [-0.4, -0.2) is 14.3 Å². The van der Waals surface area contributed by atoms with E-state index in [-0.39, 0.29) is 11.5 Å². The third kappa shape index (κ3) is 1.96. The van der Waals surface area contributed by atoms with E-state index in [9.17, 15) is 9.18 Å². The Hall–Kier alpha value is -1.13. The van der Waals surface area contributed by atoms with Crippen molar-refractivity contribution in [3.8, 4) is 0 Å². The maximum absolute atomic E-state index is 12.5. The lowest BCUT2D eigenvalue weighted by molar-refractivity contribution is 0.410. The first-order chi connectivity index (χ1) is 7.22. The third-order valence-corrected chi connectivity index (χ3v) is 3.16. The minimum Gasteiger partial charge on any atom is -0.280 e. The van der Waals surface area contributed by atoms with Crippen molar-refractivity contribution in [2.24, 2.45) is 13.0 Å². The predicted octanol–water partition coefficient (Wildman–Crippen LogP) is 1.24. The molecule has 0 spiro atoms. The molecule has 1 aliphatic carbocycles. The van der Waals surface area contributed by atoms with Gasteiger partial charge in [-0.25, -0.2) is 13.9 Å². The fraction of sp³-hybridized carbons (Fsp3) is 0.800. The first-order valence-corrected chi connectivity index (χ1v) is 5.41. The van der Waals surface area contributed by atoms with Gasteiger partial charge in [-0.05, 0) is 18.8 Å². The SMILES string of the molecule is Cn1c(CF)nn(CC2CCCC2)c1=O. The summed E-state index contributed by atoms with van der Waals surface area (Å²) in [6.45, 7) is -0.0317. The van der Waals surface area contributed by atoms with Gasteiger partial charge in [-0.15, -0.1) is 0 Å². The molecule has 0 N–H and O–H groups in total. The van der Waals surface area contributed by atoms with Gasteiger partial charge in [0.1, 0.15) is 6.67 Å². The number of aromatic nitrogens is 3. The molecular formula is C10H16FN3O. The monoisotopic (exact) mass is 213 g/mol. The van der Waals surface area contributed by atoms with Crippen LogP contribution in [0.5, 0.6) is 0 Å². The lowest BCUT2D eigenvalue weighted by atomic mass is 10.1. The molecule has 0 aliphatic heterocycles. The number of rotatable bonds is 3. The van der Waals surface area contributed by atoms with Crippen LogP contribution in [0.3, 0.4) is 0 Å². The Kier molecular flexibility index (Phi) is 2.88. The summed E-state index contributed by atoms with van der Waals surface area (Å²) in [5.41, 5.74) is -0.199. The number of alkyl halides is 1. The first-order valence-electron chi connectivity index (χ1n) is 5.41. The van der Waals surface area contributed by atoms with Crippen molar-refractivity contribution < 1.29 is 4.39 Å². The van der Waals surface area contributed by atoms with Crippen molar-refractivity contribution in [3.05, 3.63) is 16.3 Å². The van der Waals surface area contributed by atoms with Gasteiger partial charge in [0.2, 0.25) is 0 Å². The van der Waals surface area contributed by atoms with Crippen LogP contribution in [0.1, 0.15) is 31.5 Å². The largest absolute Gasteiger partial charge is 0.345 e. The smallest absolute Gasteiger partial charge is 0.280 e. The molecule has 4 nitrogen and oxygen atoms in total. The highest BCUT2D eigenvalue weighted by Gasteiger charge is 2.18. The molecule has 5 heteroatoms. The fourth-order valence-corrected chi connectivity index (χ4v) is 2.21. The summed E-state index contributed by atoms with van der Waals surface area (Å²) in [5, 5.41) is 3.98. The minimum atomic E-state index is -0.677. The molecule has 2 rings (SSSR count). The van der Waals surface area contributed by atoms with Crippen LogP contribution in [0.2, 0.25) is 0 Å². The van der Waals surface area contributed by atoms with Crippen LogP contribution in [0.25, 0.3) is 0 Å². The molecule has 1 aliphatic rings. The van der Waals surface area contributed by atoms with Crippen LogP contribution >= 0.6 is 0 Å². The minimum absolute atomic E-state index is 0.199. The van der Waals surface area contributed by atoms with Crippen LogP contribution in [0.15, 0.2) is 4.79 Å². The highest BCUT2D eigenvalue weighted by Crippen LogP contribution is 2.25. The molecule has 0 atom stereocenters. The van der Waals surface area contributed by atoms with Gasteiger partial charge in [-0.3, -0.25) is 4.57 Å². The van der Waals surface area contributed by atoms with E-state index in [2.05, 4.69) is 5.10 Å². The van der Waals surface area contributed by atoms with Crippen molar-refractivity contribution in [1.82, 2.24) is 14.3 Å². The molecule has 0 saturated heterocycles. The molecule has 1 heterocycles. The Morgan fingerprint density at radius 3 is 2.67 bits per heavy atom. The Bertz CT molecular complexity index is 390. The van der Waals surface area contributed by atoms with Gasteiger partial charge in [-0.2, -0.15) is 5.10 Å². The number of nitrogens with zero attached hydrogens (tertiary/aromatic N) is 3. The number of hydrogen-bond acceptors (Lipinski definition) is 2. The van der Waals surface area contributed by atoms with Crippen molar-refractivity contribution in [2.45, 2.75) is 38.9 Å². The van der Waals surface area contributed by atoms with E-state index >= 15 is 0 Å². The van der Waals surface area contributed by atoms with Crippen molar-refractivity contribution in [1.29, 1.82) is 0 Å². The molecule has 1 aromatic heterocycles. The van der Waals surface area contributed by atoms with E-state index < -0.39 is 6.67 Å². The maximum atomic E-state index is 12.5. The average molecular weight is 213 g/mol. The summed E-state index contributed by atoms with van der Waals surface area (Å²) in [4.78, 5) is 11.6. The van der Waals surface area contributed by atoms with Crippen molar-refractivity contribution in [3.63, 3.8) is 0 Å². The summed E-state index contributed by atoms with van der Waals surface area (Å²) in [7, 11) is 1.56. The molecule has 0 radical (unpaired) electrons. The van der Waals surface area contributed by atoms with Gasteiger partial charge >= 0.3 is 5.69 Å². The number of hydrogen-bond donors (Lipinski definition) is 0. The molecule has 15 heavy (non-hydrogen) atoms. The molecule has 0 amide bonds. The van der Waals surface area contributed by atoms with Crippen molar-refractivity contribution in [2.75, 3.05) is 0 Å². The standard InChI is InChI=1S/C10H16FN3O/c1-13-9(6-11)12-14(10(13)15)7-8-4-2-3-5-8/h8H,2-7H2,1H3. The Labute approximate surface area is 87.7 Å². The van der Waals surface area contributed by atoms with Gasteiger partial charge in [0.05, 0.1) is 0 Å². The predicted molar refractivity (Wildman–Crippen MR) is 54.2 cm³/mol. The molecule has 0 bridgehead atoms. The van der Waals surface area contributed by atoms with Gasteiger partial charge in [0.25, 0.3) is 0 Å². The zero-order valence-electron chi connectivity index (χ0n) is 8.95.